The number of benzene rings is 2. The van der Waals surface area contributed by atoms with Crippen LogP contribution in [0, 0.1) is 5.82 Å². The highest BCUT2D eigenvalue weighted by atomic mass is 19.1. The van der Waals surface area contributed by atoms with Gasteiger partial charge >= 0.3 is 5.97 Å². The van der Waals surface area contributed by atoms with E-state index in [1.165, 1.54) is 6.20 Å². The predicted molar refractivity (Wildman–Crippen MR) is 97.2 cm³/mol. The van der Waals surface area contributed by atoms with Gasteiger partial charge in [0.05, 0.1) is 10.9 Å². The molecule has 7 heteroatoms. The molecule has 134 valence electrons. The molecular weight excluding hydrogens is 351 g/mol. The minimum absolute atomic E-state index is 0.00949. The fourth-order valence-corrected chi connectivity index (χ4v) is 3.38. The number of pyridine rings is 1. The van der Waals surface area contributed by atoms with Gasteiger partial charge in [0, 0.05) is 24.0 Å². The molecule has 0 unspecified atom stereocenters. The third-order valence-electron chi connectivity index (χ3n) is 4.83. The van der Waals surface area contributed by atoms with Crippen molar-refractivity contribution in [2.24, 2.45) is 4.99 Å². The standard InChI is InChI=1S/C20H13FN2O4/c21-14-7-12-17(23(11-5-6-11)9-13(18(12)24)20(25)26)16-19(14)27-15-4-2-1-3-10(15)8-22-16/h1-4,7-9,11H,5-6H2,(H,25,26). The van der Waals surface area contributed by atoms with Crippen LogP contribution in [0.4, 0.5) is 10.1 Å². The molecule has 1 aliphatic carbocycles. The summed E-state index contributed by atoms with van der Waals surface area (Å²) in [6, 6.07) is 8.20. The minimum atomic E-state index is -1.33. The first-order valence-electron chi connectivity index (χ1n) is 8.50. The number of ether oxygens (including phenoxy) is 1. The largest absolute Gasteiger partial charge is 0.477 e. The Bertz CT molecular complexity index is 1220. The lowest BCUT2D eigenvalue weighted by Crippen LogP contribution is -2.19. The van der Waals surface area contributed by atoms with E-state index in [4.69, 9.17) is 4.74 Å². The number of carboxylic acid groups (broad SMARTS) is 1. The number of nitrogens with zero attached hydrogens (tertiary/aromatic N) is 2. The summed E-state index contributed by atoms with van der Waals surface area (Å²) in [5.74, 6) is -1.70. The van der Waals surface area contributed by atoms with Gasteiger partial charge in [0.15, 0.2) is 11.6 Å². The Morgan fingerprint density at radius 1 is 1.30 bits per heavy atom. The van der Waals surface area contributed by atoms with Crippen LogP contribution in [0.1, 0.15) is 34.8 Å². The fraction of sp³-hybridized carbons (Fsp3) is 0.150. The highest BCUT2D eigenvalue weighted by Gasteiger charge is 2.30. The first-order chi connectivity index (χ1) is 13.0. The second kappa shape index (κ2) is 5.51. The summed E-state index contributed by atoms with van der Waals surface area (Å²) < 4.78 is 22.3. The molecule has 2 aliphatic rings. The molecule has 1 aliphatic heterocycles. The van der Waals surface area contributed by atoms with E-state index in [1.807, 2.05) is 6.07 Å². The van der Waals surface area contributed by atoms with Crippen molar-refractivity contribution in [2.45, 2.75) is 18.9 Å². The van der Waals surface area contributed by atoms with Crippen LogP contribution in [0.15, 0.2) is 46.3 Å². The van der Waals surface area contributed by atoms with Crippen molar-refractivity contribution in [3.8, 4) is 11.5 Å². The smallest absolute Gasteiger partial charge is 0.341 e. The second-order valence-corrected chi connectivity index (χ2v) is 6.65. The van der Waals surface area contributed by atoms with Gasteiger partial charge in [0.2, 0.25) is 5.43 Å². The van der Waals surface area contributed by atoms with Crippen molar-refractivity contribution in [3.05, 3.63) is 63.7 Å². The van der Waals surface area contributed by atoms with Crippen LogP contribution in [0.2, 0.25) is 0 Å². The summed E-state index contributed by atoms with van der Waals surface area (Å²) in [5, 5.41) is 9.35. The van der Waals surface area contributed by atoms with E-state index in [0.29, 0.717) is 16.8 Å². The van der Waals surface area contributed by atoms with Crippen molar-refractivity contribution >= 4 is 28.8 Å². The molecule has 0 spiro atoms. The van der Waals surface area contributed by atoms with Gasteiger partial charge in [-0.1, -0.05) is 12.1 Å². The molecule has 2 aromatic carbocycles. The van der Waals surface area contributed by atoms with Crippen LogP contribution in [-0.2, 0) is 0 Å². The zero-order chi connectivity index (χ0) is 18.7. The van der Waals surface area contributed by atoms with Gasteiger partial charge in [-0.2, -0.15) is 0 Å². The summed E-state index contributed by atoms with van der Waals surface area (Å²) in [6.45, 7) is 0. The Hall–Kier alpha value is -3.48. The van der Waals surface area contributed by atoms with Gasteiger partial charge in [-0.05, 0) is 31.0 Å². The Morgan fingerprint density at radius 2 is 2.07 bits per heavy atom. The Kier molecular flexibility index (Phi) is 3.21. The molecule has 27 heavy (non-hydrogen) atoms. The highest BCUT2D eigenvalue weighted by Crippen LogP contribution is 2.45. The van der Waals surface area contributed by atoms with Gasteiger partial charge < -0.3 is 14.4 Å². The second-order valence-electron chi connectivity index (χ2n) is 6.65. The molecule has 5 rings (SSSR count). The lowest BCUT2D eigenvalue weighted by molar-refractivity contribution is 0.0695. The van der Waals surface area contributed by atoms with Crippen LogP contribution < -0.4 is 10.2 Å². The van der Waals surface area contributed by atoms with Crippen molar-refractivity contribution < 1.29 is 19.0 Å². The predicted octanol–water partition coefficient (Wildman–Crippen LogP) is 4.03. The van der Waals surface area contributed by atoms with Crippen LogP contribution in [-0.4, -0.2) is 21.9 Å². The Balaban J connectivity index is 1.90. The molecule has 1 fully saturated rings. The quantitative estimate of drug-likeness (QED) is 0.582. The van der Waals surface area contributed by atoms with Crippen molar-refractivity contribution in [2.75, 3.05) is 0 Å². The first-order valence-corrected chi connectivity index (χ1v) is 8.50. The van der Waals surface area contributed by atoms with Crippen LogP contribution in [0.5, 0.6) is 11.5 Å². The number of carbonyl (C=O) groups is 1. The van der Waals surface area contributed by atoms with E-state index < -0.39 is 17.2 Å². The lowest BCUT2D eigenvalue weighted by atomic mass is 10.1. The average Bonchev–Trinajstić information content (AvgIpc) is 3.48. The Morgan fingerprint density at radius 3 is 2.81 bits per heavy atom. The summed E-state index contributed by atoms with van der Waals surface area (Å²) in [5.41, 5.74) is 0.169. The number of aromatic carboxylic acids is 1. The van der Waals surface area contributed by atoms with Crippen LogP contribution in [0.3, 0.4) is 0 Å². The zero-order valence-electron chi connectivity index (χ0n) is 14.0. The van der Waals surface area contributed by atoms with Gasteiger partial charge in [-0.25, -0.2) is 14.2 Å². The van der Waals surface area contributed by atoms with E-state index in [-0.39, 0.29) is 28.4 Å². The van der Waals surface area contributed by atoms with Gasteiger partial charge in [0.25, 0.3) is 0 Å². The van der Waals surface area contributed by atoms with Gasteiger partial charge in [0.1, 0.15) is 17.0 Å². The molecule has 3 aromatic rings. The molecule has 6 nitrogen and oxygen atoms in total. The Labute approximate surface area is 152 Å². The summed E-state index contributed by atoms with van der Waals surface area (Å²) in [7, 11) is 0. The maximum Gasteiger partial charge on any atom is 0.341 e. The number of aliphatic imine (C=N–C) groups is 1. The van der Waals surface area contributed by atoms with Crippen LogP contribution >= 0.6 is 0 Å². The van der Waals surface area contributed by atoms with Crippen molar-refractivity contribution in [3.63, 3.8) is 0 Å². The SMILES string of the molecule is O=C(O)c1cn(C2CC2)c2c3c(c(F)cc2c1=O)Oc1ccccc1C=N3. The van der Waals surface area contributed by atoms with E-state index in [1.54, 1.807) is 29.0 Å². The fourth-order valence-electron chi connectivity index (χ4n) is 3.38. The van der Waals surface area contributed by atoms with Gasteiger partial charge in [-0.15, -0.1) is 0 Å². The molecule has 0 radical (unpaired) electrons. The number of para-hydroxylation sites is 1. The number of fused-ring (bicyclic) bond motifs is 4. The molecule has 0 saturated heterocycles. The number of hydrogen-bond acceptors (Lipinski definition) is 4. The molecule has 0 bridgehead atoms. The number of aromatic nitrogens is 1. The zero-order valence-corrected chi connectivity index (χ0v) is 14.0. The number of hydrogen-bond donors (Lipinski definition) is 1. The molecular formula is C20H13FN2O4. The summed E-state index contributed by atoms with van der Waals surface area (Å²) >= 11 is 0. The lowest BCUT2D eigenvalue weighted by Gasteiger charge is -2.16. The number of halogens is 1. The molecule has 1 N–H and O–H groups in total. The molecule has 2 heterocycles. The highest BCUT2D eigenvalue weighted by molar-refractivity contribution is 6.00. The van der Waals surface area contributed by atoms with E-state index in [2.05, 4.69) is 4.99 Å². The average molecular weight is 364 g/mol. The number of rotatable bonds is 2. The molecule has 1 aromatic heterocycles. The first kappa shape index (κ1) is 15.7. The third-order valence-corrected chi connectivity index (χ3v) is 4.83. The minimum Gasteiger partial charge on any atom is -0.477 e. The van der Waals surface area contributed by atoms with Crippen LogP contribution in [0.25, 0.3) is 10.9 Å². The molecule has 1 saturated carbocycles. The van der Waals surface area contributed by atoms with E-state index in [9.17, 15) is 19.1 Å². The molecule has 0 atom stereocenters. The number of carboxylic acids is 1. The van der Waals surface area contributed by atoms with E-state index >= 15 is 0 Å². The summed E-state index contributed by atoms with van der Waals surface area (Å²) in [4.78, 5) is 28.5. The maximum atomic E-state index is 14.8. The van der Waals surface area contributed by atoms with E-state index in [0.717, 1.165) is 18.9 Å². The van der Waals surface area contributed by atoms with Gasteiger partial charge in [-0.3, -0.25) is 4.79 Å². The normalized spacial score (nSPS) is 15.0. The van der Waals surface area contributed by atoms with Crippen molar-refractivity contribution in [1.82, 2.24) is 4.57 Å². The third kappa shape index (κ3) is 2.35. The monoisotopic (exact) mass is 364 g/mol. The summed E-state index contributed by atoms with van der Waals surface area (Å²) in [6.07, 6.45) is 4.60. The molecule has 0 amide bonds. The topological polar surface area (TPSA) is 80.9 Å². The van der Waals surface area contributed by atoms with Crippen molar-refractivity contribution in [1.29, 1.82) is 0 Å². The maximum absolute atomic E-state index is 14.8.